The molecule has 0 aliphatic carbocycles. The van der Waals surface area contributed by atoms with Gasteiger partial charge in [-0.1, -0.05) is 62.7 Å². The van der Waals surface area contributed by atoms with Crippen molar-refractivity contribution in [3.63, 3.8) is 0 Å². The van der Waals surface area contributed by atoms with E-state index in [9.17, 15) is 0 Å². The smallest absolute Gasteiger partial charge is 0.120 e. The normalized spacial score (nSPS) is 13.0. The molecule has 0 saturated heterocycles. The third-order valence-electron chi connectivity index (χ3n) is 3.68. The Morgan fingerprint density at radius 2 is 1.67 bits per heavy atom. The lowest BCUT2D eigenvalue weighted by molar-refractivity contribution is 0.414. The summed E-state index contributed by atoms with van der Waals surface area (Å²) >= 11 is 6.30. The van der Waals surface area contributed by atoms with E-state index in [2.05, 4.69) is 45.0 Å². The second-order valence-electron chi connectivity index (χ2n) is 6.24. The van der Waals surface area contributed by atoms with Crippen LogP contribution in [0.3, 0.4) is 0 Å². The number of hydrogen-bond acceptors (Lipinski definition) is 2. The SMILES string of the molecule is COc1ccc(C(N)c2ccc(C(C)(C)C)cc2)c(Cl)c1. The van der Waals surface area contributed by atoms with Crippen LogP contribution < -0.4 is 10.5 Å². The van der Waals surface area contributed by atoms with E-state index < -0.39 is 0 Å². The predicted molar refractivity (Wildman–Crippen MR) is 89.2 cm³/mol. The van der Waals surface area contributed by atoms with Crippen LogP contribution in [0.25, 0.3) is 0 Å². The zero-order valence-electron chi connectivity index (χ0n) is 13.0. The first-order valence-electron chi connectivity index (χ1n) is 7.02. The van der Waals surface area contributed by atoms with Crippen molar-refractivity contribution in [1.29, 1.82) is 0 Å². The molecule has 112 valence electrons. The van der Waals surface area contributed by atoms with E-state index in [0.717, 1.165) is 16.9 Å². The summed E-state index contributed by atoms with van der Waals surface area (Å²) in [6, 6.07) is 13.8. The molecule has 0 spiro atoms. The fourth-order valence-electron chi connectivity index (χ4n) is 2.26. The van der Waals surface area contributed by atoms with Gasteiger partial charge in [0.15, 0.2) is 0 Å². The maximum atomic E-state index is 6.34. The predicted octanol–water partition coefficient (Wildman–Crippen LogP) is 4.69. The summed E-state index contributed by atoms with van der Waals surface area (Å²) in [5.41, 5.74) is 9.73. The van der Waals surface area contributed by atoms with Crippen molar-refractivity contribution in [2.24, 2.45) is 5.73 Å². The summed E-state index contributed by atoms with van der Waals surface area (Å²) < 4.78 is 5.16. The molecule has 2 aromatic carbocycles. The van der Waals surface area contributed by atoms with Gasteiger partial charge in [0.1, 0.15) is 5.75 Å². The fraction of sp³-hybridized carbons (Fsp3) is 0.333. The Balaban J connectivity index is 2.30. The standard InChI is InChI=1S/C18H22ClNO/c1-18(2,3)13-7-5-12(6-8-13)17(20)15-10-9-14(21-4)11-16(15)19/h5-11,17H,20H2,1-4H3. The summed E-state index contributed by atoms with van der Waals surface area (Å²) in [5.74, 6) is 0.735. The number of ether oxygens (including phenoxy) is 1. The molecule has 0 bridgehead atoms. The third kappa shape index (κ3) is 3.58. The monoisotopic (exact) mass is 303 g/mol. The van der Waals surface area contributed by atoms with E-state index in [1.807, 2.05) is 12.1 Å². The average Bonchev–Trinajstić information content (AvgIpc) is 2.45. The van der Waals surface area contributed by atoms with Gasteiger partial charge in [-0.2, -0.15) is 0 Å². The summed E-state index contributed by atoms with van der Waals surface area (Å²) in [4.78, 5) is 0. The van der Waals surface area contributed by atoms with Gasteiger partial charge in [-0.3, -0.25) is 0 Å². The molecule has 0 heterocycles. The molecular formula is C18H22ClNO. The van der Waals surface area contributed by atoms with Crippen molar-refractivity contribution in [3.05, 3.63) is 64.2 Å². The molecule has 2 rings (SSSR count). The van der Waals surface area contributed by atoms with Crippen LogP contribution in [0.4, 0.5) is 0 Å². The Labute approximate surface area is 131 Å². The molecule has 0 aliphatic rings. The van der Waals surface area contributed by atoms with Crippen LogP contribution in [-0.2, 0) is 5.41 Å². The van der Waals surface area contributed by atoms with Gasteiger partial charge in [-0.15, -0.1) is 0 Å². The zero-order chi connectivity index (χ0) is 15.6. The molecule has 1 atom stereocenters. The second-order valence-corrected chi connectivity index (χ2v) is 6.64. The Hall–Kier alpha value is -1.51. The third-order valence-corrected chi connectivity index (χ3v) is 4.01. The van der Waals surface area contributed by atoms with Crippen LogP contribution in [-0.4, -0.2) is 7.11 Å². The fourth-order valence-corrected chi connectivity index (χ4v) is 2.55. The maximum absolute atomic E-state index is 6.34. The minimum Gasteiger partial charge on any atom is -0.497 e. The van der Waals surface area contributed by atoms with Crippen LogP contribution in [0.2, 0.25) is 5.02 Å². The van der Waals surface area contributed by atoms with E-state index in [-0.39, 0.29) is 11.5 Å². The lowest BCUT2D eigenvalue weighted by Crippen LogP contribution is -2.14. The Bertz CT molecular complexity index is 614. The van der Waals surface area contributed by atoms with Gasteiger partial charge in [-0.05, 0) is 34.2 Å². The highest BCUT2D eigenvalue weighted by atomic mass is 35.5. The van der Waals surface area contributed by atoms with Crippen molar-refractivity contribution in [2.75, 3.05) is 7.11 Å². The van der Waals surface area contributed by atoms with Crippen molar-refractivity contribution in [2.45, 2.75) is 32.2 Å². The molecule has 0 saturated carbocycles. The summed E-state index contributed by atoms with van der Waals surface area (Å²) in [5, 5.41) is 0.627. The lowest BCUT2D eigenvalue weighted by Gasteiger charge is -2.21. The summed E-state index contributed by atoms with van der Waals surface area (Å²) in [7, 11) is 1.62. The Morgan fingerprint density at radius 3 is 2.14 bits per heavy atom. The summed E-state index contributed by atoms with van der Waals surface area (Å²) in [6.45, 7) is 6.59. The molecule has 0 radical (unpaired) electrons. The highest BCUT2D eigenvalue weighted by molar-refractivity contribution is 6.31. The van der Waals surface area contributed by atoms with E-state index >= 15 is 0 Å². The molecule has 0 aromatic heterocycles. The van der Waals surface area contributed by atoms with Gasteiger partial charge in [-0.25, -0.2) is 0 Å². The first-order valence-corrected chi connectivity index (χ1v) is 7.40. The largest absolute Gasteiger partial charge is 0.497 e. The minimum atomic E-state index is -0.238. The molecule has 0 aliphatic heterocycles. The molecule has 1 unspecified atom stereocenters. The number of benzene rings is 2. The minimum absolute atomic E-state index is 0.139. The van der Waals surface area contributed by atoms with Crippen LogP contribution >= 0.6 is 11.6 Å². The highest BCUT2D eigenvalue weighted by Crippen LogP contribution is 2.31. The first kappa shape index (κ1) is 15.9. The van der Waals surface area contributed by atoms with Gasteiger partial charge in [0.2, 0.25) is 0 Å². The summed E-state index contributed by atoms with van der Waals surface area (Å²) in [6.07, 6.45) is 0. The molecule has 2 aromatic rings. The van der Waals surface area contributed by atoms with Crippen molar-refractivity contribution < 1.29 is 4.74 Å². The molecule has 0 amide bonds. The first-order chi connectivity index (χ1) is 9.82. The van der Waals surface area contributed by atoms with E-state index in [0.29, 0.717) is 5.02 Å². The van der Waals surface area contributed by atoms with Crippen molar-refractivity contribution in [3.8, 4) is 5.75 Å². The molecule has 2 N–H and O–H groups in total. The van der Waals surface area contributed by atoms with E-state index in [1.165, 1.54) is 5.56 Å². The number of halogens is 1. The highest BCUT2D eigenvalue weighted by Gasteiger charge is 2.16. The van der Waals surface area contributed by atoms with Gasteiger partial charge >= 0.3 is 0 Å². The number of rotatable bonds is 3. The van der Waals surface area contributed by atoms with Crippen LogP contribution in [0, 0.1) is 0 Å². The van der Waals surface area contributed by atoms with Crippen LogP contribution in [0.1, 0.15) is 43.5 Å². The average molecular weight is 304 g/mol. The zero-order valence-corrected chi connectivity index (χ0v) is 13.7. The maximum Gasteiger partial charge on any atom is 0.120 e. The molecule has 2 nitrogen and oxygen atoms in total. The molecule has 21 heavy (non-hydrogen) atoms. The quantitative estimate of drug-likeness (QED) is 0.892. The second kappa shape index (κ2) is 6.08. The van der Waals surface area contributed by atoms with Gasteiger partial charge in [0.25, 0.3) is 0 Å². The number of nitrogens with two attached hydrogens (primary N) is 1. The number of hydrogen-bond donors (Lipinski definition) is 1. The van der Waals surface area contributed by atoms with Crippen molar-refractivity contribution in [1.82, 2.24) is 0 Å². The molecular weight excluding hydrogens is 282 g/mol. The van der Waals surface area contributed by atoms with Gasteiger partial charge < -0.3 is 10.5 Å². The van der Waals surface area contributed by atoms with E-state index in [4.69, 9.17) is 22.1 Å². The molecule has 0 fully saturated rings. The van der Waals surface area contributed by atoms with Crippen molar-refractivity contribution >= 4 is 11.6 Å². The Kier molecular flexibility index (Phi) is 4.60. The molecule has 3 heteroatoms. The number of methoxy groups -OCH3 is 1. The Morgan fingerprint density at radius 1 is 1.05 bits per heavy atom. The van der Waals surface area contributed by atoms with Gasteiger partial charge in [0, 0.05) is 5.02 Å². The lowest BCUT2D eigenvalue weighted by atomic mass is 9.86. The van der Waals surface area contributed by atoms with Gasteiger partial charge in [0.05, 0.1) is 13.2 Å². The van der Waals surface area contributed by atoms with Crippen LogP contribution in [0.5, 0.6) is 5.75 Å². The topological polar surface area (TPSA) is 35.2 Å². The van der Waals surface area contributed by atoms with E-state index in [1.54, 1.807) is 13.2 Å². The van der Waals surface area contributed by atoms with Crippen LogP contribution in [0.15, 0.2) is 42.5 Å².